The summed E-state index contributed by atoms with van der Waals surface area (Å²) in [5.74, 6) is -1.53. The first-order chi connectivity index (χ1) is 12.2. The van der Waals surface area contributed by atoms with Crippen LogP contribution in [0.15, 0.2) is 0 Å². The van der Waals surface area contributed by atoms with Gasteiger partial charge in [-0.25, -0.2) is 9.13 Å². The molecule has 0 heterocycles. The maximum atomic E-state index is 12.0. The quantitative estimate of drug-likeness (QED) is 0.285. The first-order valence-electron chi connectivity index (χ1n) is 8.47. The van der Waals surface area contributed by atoms with Crippen molar-refractivity contribution in [3.63, 3.8) is 0 Å². The van der Waals surface area contributed by atoms with E-state index < -0.39 is 27.6 Å². The molecule has 0 atom stereocenters. The van der Waals surface area contributed by atoms with Crippen molar-refractivity contribution in [2.45, 2.75) is 53.4 Å². The van der Waals surface area contributed by atoms with Crippen LogP contribution in [0.1, 0.15) is 53.4 Å². The molecule has 0 unspecified atom stereocenters. The summed E-state index contributed by atoms with van der Waals surface area (Å²) >= 11 is 0. The van der Waals surface area contributed by atoms with Gasteiger partial charge in [0.05, 0.1) is 26.4 Å². The van der Waals surface area contributed by atoms with E-state index in [1.807, 2.05) is 0 Å². The van der Waals surface area contributed by atoms with Crippen molar-refractivity contribution in [2.24, 2.45) is 0 Å². The number of hydrogen-bond donors (Lipinski definition) is 0. The maximum absolute atomic E-state index is 12.0. The van der Waals surface area contributed by atoms with Crippen LogP contribution in [0.4, 0.5) is 0 Å². The summed E-state index contributed by atoms with van der Waals surface area (Å²) < 4.78 is 52.9. The Labute approximate surface area is 154 Å². The second-order valence-corrected chi connectivity index (χ2v) is 7.89. The van der Waals surface area contributed by atoms with Crippen LogP contribution in [-0.2, 0) is 45.9 Å². The van der Waals surface area contributed by atoms with E-state index in [4.69, 9.17) is 27.1 Å². The topological polar surface area (TPSA) is 124 Å². The molecule has 26 heavy (non-hydrogen) atoms. The maximum Gasteiger partial charge on any atom is 0.532 e. The predicted octanol–water partition coefficient (Wildman–Crippen LogP) is 4.00. The molecular formula is C14H28O10P2. The number of phosphoric acid groups is 2. The lowest BCUT2D eigenvalue weighted by molar-refractivity contribution is -0.138. The molecule has 0 bridgehead atoms. The minimum atomic E-state index is -3.90. The SMILES string of the molecule is CCOP(=O)(OCC)OC(=O)CCCCC(=O)OP(=O)(OCC)OCC. The van der Waals surface area contributed by atoms with Gasteiger partial charge < -0.3 is 9.05 Å². The second-order valence-electron chi connectivity index (χ2n) is 4.70. The van der Waals surface area contributed by atoms with Crippen LogP contribution in [0.2, 0.25) is 0 Å². The van der Waals surface area contributed by atoms with E-state index in [1.165, 1.54) is 0 Å². The van der Waals surface area contributed by atoms with Gasteiger partial charge in [0.1, 0.15) is 0 Å². The Morgan fingerprint density at radius 2 is 0.885 bits per heavy atom. The van der Waals surface area contributed by atoms with Crippen molar-refractivity contribution < 1.29 is 45.9 Å². The Morgan fingerprint density at radius 3 is 1.12 bits per heavy atom. The number of carbonyl (C=O) groups is 2. The first-order valence-corrected chi connectivity index (χ1v) is 11.4. The predicted molar refractivity (Wildman–Crippen MR) is 92.4 cm³/mol. The lowest BCUT2D eigenvalue weighted by atomic mass is 10.2. The highest BCUT2D eigenvalue weighted by Gasteiger charge is 2.31. The highest BCUT2D eigenvalue weighted by atomic mass is 31.2. The van der Waals surface area contributed by atoms with E-state index in [1.54, 1.807) is 27.7 Å². The van der Waals surface area contributed by atoms with Gasteiger partial charge in [-0.2, -0.15) is 0 Å². The molecule has 0 aliphatic rings. The van der Waals surface area contributed by atoms with Crippen LogP contribution in [0.25, 0.3) is 0 Å². The normalized spacial score (nSPS) is 12.0. The fourth-order valence-electron chi connectivity index (χ4n) is 1.69. The molecule has 0 amide bonds. The van der Waals surface area contributed by atoms with Gasteiger partial charge in [0, 0.05) is 12.8 Å². The molecule has 0 saturated carbocycles. The molecule has 0 aromatic heterocycles. The van der Waals surface area contributed by atoms with Crippen LogP contribution < -0.4 is 0 Å². The van der Waals surface area contributed by atoms with Crippen molar-refractivity contribution in [1.29, 1.82) is 0 Å². The third-order valence-corrected chi connectivity index (χ3v) is 5.74. The summed E-state index contributed by atoms with van der Waals surface area (Å²) in [5.41, 5.74) is 0. The minimum Gasteiger partial charge on any atom is -0.370 e. The van der Waals surface area contributed by atoms with Gasteiger partial charge in [0.2, 0.25) is 0 Å². The molecule has 0 fully saturated rings. The molecule has 0 radical (unpaired) electrons. The highest BCUT2D eigenvalue weighted by Crippen LogP contribution is 2.50. The van der Waals surface area contributed by atoms with Crippen LogP contribution >= 0.6 is 15.6 Å². The second kappa shape index (κ2) is 13.4. The standard InChI is InChI=1S/C14H28O10P2/c1-5-19-25(17,20-6-2)23-13(15)11-9-10-12-14(16)24-26(18,21-7-3)22-8-4/h5-12H2,1-4H3. The Bertz CT molecular complexity index is 456. The van der Waals surface area contributed by atoms with Crippen LogP contribution in [0.5, 0.6) is 0 Å². The van der Waals surface area contributed by atoms with Gasteiger partial charge in [0.25, 0.3) is 0 Å². The Morgan fingerprint density at radius 1 is 0.615 bits per heavy atom. The lowest BCUT2D eigenvalue weighted by Gasteiger charge is -2.16. The molecule has 0 rings (SSSR count). The van der Waals surface area contributed by atoms with Crippen LogP contribution in [0.3, 0.4) is 0 Å². The Balaban J connectivity index is 4.24. The molecule has 10 nitrogen and oxygen atoms in total. The van der Waals surface area contributed by atoms with Crippen molar-refractivity contribution in [1.82, 2.24) is 0 Å². The molecule has 0 aliphatic carbocycles. The number of phosphoric ester groups is 2. The third kappa shape index (κ3) is 11.1. The van der Waals surface area contributed by atoms with Gasteiger partial charge >= 0.3 is 27.6 Å². The van der Waals surface area contributed by atoms with Crippen molar-refractivity contribution >= 4 is 27.6 Å². The van der Waals surface area contributed by atoms with Gasteiger partial charge in [-0.1, -0.05) is 0 Å². The fraction of sp³-hybridized carbons (Fsp3) is 0.857. The fourth-order valence-corrected chi connectivity index (χ4v) is 4.00. The van der Waals surface area contributed by atoms with E-state index in [0.717, 1.165) is 0 Å². The molecule has 154 valence electrons. The average molecular weight is 418 g/mol. The Hall–Kier alpha value is -0.760. The van der Waals surface area contributed by atoms with E-state index in [0.29, 0.717) is 0 Å². The largest absolute Gasteiger partial charge is 0.532 e. The molecule has 0 aliphatic heterocycles. The van der Waals surface area contributed by atoms with Gasteiger partial charge in [0.15, 0.2) is 0 Å². The van der Waals surface area contributed by atoms with Gasteiger partial charge in [-0.05, 0) is 40.5 Å². The smallest absolute Gasteiger partial charge is 0.370 e. The summed E-state index contributed by atoms with van der Waals surface area (Å²) in [7, 11) is -7.80. The van der Waals surface area contributed by atoms with E-state index in [-0.39, 0.29) is 52.1 Å². The summed E-state index contributed by atoms with van der Waals surface area (Å²) in [5, 5.41) is 0. The molecular weight excluding hydrogens is 390 g/mol. The minimum absolute atomic E-state index is 0.0656. The average Bonchev–Trinajstić information content (AvgIpc) is 2.52. The van der Waals surface area contributed by atoms with Gasteiger partial charge in [-0.3, -0.25) is 27.7 Å². The summed E-state index contributed by atoms with van der Waals surface area (Å²) in [6, 6.07) is 0. The molecule has 0 aromatic carbocycles. The first kappa shape index (κ1) is 25.2. The summed E-state index contributed by atoms with van der Waals surface area (Å²) in [6.45, 7) is 6.63. The van der Waals surface area contributed by atoms with Crippen molar-refractivity contribution in [2.75, 3.05) is 26.4 Å². The van der Waals surface area contributed by atoms with Gasteiger partial charge in [-0.15, -0.1) is 0 Å². The molecule has 0 saturated heterocycles. The number of unbranched alkanes of at least 4 members (excludes halogenated alkanes) is 1. The zero-order chi connectivity index (χ0) is 20.1. The Kier molecular flexibility index (Phi) is 13.0. The van der Waals surface area contributed by atoms with E-state index in [2.05, 4.69) is 0 Å². The van der Waals surface area contributed by atoms with Crippen molar-refractivity contribution in [3.8, 4) is 0 Å². The monoisotopic (exact) mass is 418 g/mol. The lowest BCUT2D eigenvalue weighted by Crippen LogP contribution is -2.09. The highest BCUT2D eigenvalue weighted by molar-refractivity contribution is 7.49. The number of hydrogen-bond acceptors (Lipinski definition) is 10. The third-order valence-electron chi connectivity index (χ3n) is 2.59. The molecule has 0 aromatic rings. The summed E-state index contributed by atoms with van der Waals surface area (Å²) in [4.78, 5) is 23.4. The summed E-state index contributed by atoms with van der Waals surface area (Å²) in [6.07, 6.45) is 0.345. The van der Waals surface area contributed by atoms with Crippen molar-refractivity contribution in [3.05, 3.63) is 0 Å². The zero-order valence-corrected chi connectivity index (χ0v) is 17.4. The van der Waals surface area contributed by atoms with E-state index in [9.17, 15) is 18.7 Å². The van der Waals surface area contributed by atoms with E-state index >= 15 is 0 Å². The molecule has 12 heteroatoms. The molecule has 0 spiro atoms. The van der Waals surface area contributed by atoms with Crippen LogP contribution in [0, 0.1) is 0 Å². The number of carbonyl (C=O) groups excluding carboxylic acids is 2. The zero-order valence-electron chi connectivity index (χ0n) is 15.6. The number of rotatable bonds is 15. The molecule has 0 N–H and O–H groups in total. The van der Waals surface area contributed by atoms with Crippen LogP contribution in [-0.4, -0.2) is 38.4 Å².